The molecule has 0 unspecified atom stereocenters. The van der Waals surface area contributed by atoms with E-state index in [1.165, 1.54) is 19.3 Å². The second kappa shape index (κ2) is 17.4. The Labute approximate surface area is 197 Å². The highest BCUT2D eigenvalue weighted by Gasteiger charge is 2.27. The van der Waals surface area contributed by atoms with Crippen LogP contribution in [0.3, 0.4) is 0 Å². The van der Waals surface area contributed by atoms with Crippen LogP contribution in [0.25, 0.3) is 0 Å². The topological polar surface area (TPSA) is 59.1 Å². The smallest absolute Gasteiger partial charge is 0.309 e. The molecular formula is C26H50N2O4. The van der Waals surface area contributed by atoms with Crippen LogP contribution in [0.5, 0.6) is 0 Å². The summed E-state index contributed by atoms with van der Waals surface area (Å²) in [5.41, 5.74) is 0. The van der Waals surface area contributed by atoms with E-state index in [1.54, 1.807) is 0 Å². The van der Waals surface area contributed by atoms with Crippen molar-refractivity contribution in [2.24, 2.45) is 17.8 Å². The van der Waals surface area contributed by atoms with E-state index in [0.29, 0.717) is 6.42 Å². The number of rotatable bonds is 17. The molecule has 0 amide bonds. The Morgan fingerprint density at radius 1 is 0.906 bits per heavy atom. The van der Waals surface area contributed by atoms with Crippen molar-refractivity contribution in [2.45, 2.75) is 85.0 Å². The molecule has 1 saturated carbocycles. The zero-order chi connectivity index (χ0) is 23.8. The number of nitrogens with zero attached hydrogens (tertiary/aromatic N) is 2. The van der Waals surface area contributed by atoms with Crippen LogP contribution in [0.2, 0.25) is 0 Å². The summed E-state index contributed by atoms with van der Waals surface area (Å²) in [6, 6.07) is 0. The van der Waals surface area contributed by atoms with E-state index in [-0.39, 0.29) is 31.1 Å². The maximum Gasteiger partial charge on any atom is 0.309 e. The van der Waals surface area contributed by atoms with Crippen molar-refractivity contribution in [1.82, 2.24) is 9.80 Å². The molecule has 0 aromatic carbocycles. The number of carbonyl (C=O) groups excluding carboxylic acids is 2. The van der Waals surface area contributed by atoms with E-state index >= 15 is 0 Å². The average Bonchev–Trinajstić information content (AvgIpc) is 2.75. The lowest BCUT2D eigenvalue weighted by atomic mass is 9.79. The molecule has 0 N–H and O–H groups in total. The highest BCUT2D eigenvalue weighted by Crippen LogP contribution is 2.32. The number of esters is 2. The van der Waals surface area contributed by atoms with E-state index in [1.807, 2.05) is 0 Å². The van der Waals surface area contributed by atoms with E-state index in [9.17, 15) is 9.59 Å². The lowest BCUT2D eigenvalue weighted by molar-refractivity contribution is -0.156. The number of hydrogen-bond acceptors (Lipinski definition) is 6. The van der Waals surface area contributed by atoms with Crippen LogP contribution in [-0.4, -0.2) is 75.2 Å². The van der Waals surface area contributed by atoms with Gasteiger partial charge in [0.1, 0.15) is 13.2 Å². The lowest BCUT2D eigenvalue weighted by Gasteiger charge is -2.27. The Kier molecular flexibility index (Phi) is 15.7. The SMILES string of the molecule is CCCN(CCCN(C)C)CCC(=O)OCCOC(=O)C1CCC(CCCC(C)C)CC1. The molecule has 0 bridgehead atoms. The number of ether oxygens (including phenoxy) is 2. The second-order valence-electron chi connectivity index (χ2n) is 10.2. The summed E-state index contributed by atoms with van der Waals surface area (Å²) in [6.45, 7) is 10.8. The van der Waals surface area contributed by atoms with Crippen molar-refractivity contribution >= 4 is 11.9 Å². The van der Waals surface area contributed by atoms with Gasteiger partial charge in [0.2, 0.25) is 0 Å². The van der Waals surface area contributed by atoms with Crippen molar-refractivity contribution in [3.8, 4) is 0 Å². The first-order chi connectivity index (χ1) is 15.3. The molecule has 6 nitrogen and oxygen atoms in total. The van der Waals surface area contributed by atoms with Crippen LogP contribution in [0.1, 0.15) is 85.0 Å². The zero-order valence-electron chi connectivity index (χ0n) is 21.6. The summed E-state index contributed by atoms with van der Waals surface area (Å²) in [5.74, 6) is 1.25. The van der Waals surface area contributed by atoms with E-state index < -0.39 is 0 Å². The highest BCUT2D eigenvalue weighted by atomic mass is 16.6. The summed E-state index contributed by atoms with van der Waals surface area (Å²) in [5, 5.41) is 0. The minimum Gasteiger partial charge on any atom is -0.462 e. The van der Waals surface area contributed by atoms with Gasteiger partial charge in [-0.05, 0) is 84.1 Å². The quantitative estimate of drug-likeness (QED) is 0.233. The molecule has 1 aliphatic rings. The minimum absolute atomic E-state index is 0.0248. The molecule has 188 valence electrons. The minimum atomic E-state index is -0.211. The van der Waals surface area contributed by atoms with Gasteiger partial charge in [-0.15, -0.1) is 0 Å². The van der Waals surface area contributed by atoms with E-state index in [0.717, 1.165) is 76.5 Å². The van der Waals surface area contributed by atoms with Crippen molar-refractivity contribution in [3.63, 3.8) is 0 Å². The van der Waals surface area contributed by atoms with Gasteiger partial charge in [-0.1, -0.05) is 40.0 Å². The van der Waals surface area contributed by atoms with Crippen molar-refractivity contribution in [2.75, 3.05) is 53.5 Å². The normalized spacial score (nSPS) is 19.0. The highest BCUT2D eigenvalue weighted by molar-refractivity contribution is 5.72. The molecule has 0 spiro atoms. The molecule has 1 fully saturated rings. The second-order valence-corrected chi connectivity index (χ2v) is 10.2. The molecule has 0 aromatic heterocycles. The first-order valence-corrected chi connectivity index (χ1v) is 13.0. The summed E-state index contributed by atoms with van der Waals surface area (Å²) in [4.78, 5) is 28.9. The average molecular weight is 455 g/mol. The van der Waals surface area contributed by atoms with Gasteiger partial charge in [0.25, 0.3) is 0 Å². The maximum absolute atomic E-state index is 12.3. The van der Waals surface area contributed by atoms with E-state index in [4.69, 9.17) is 9.47 Å². The van der Waals surface area contributed by atoms with Gasteiger partial charge in [-0.25, -0.2) is 0 Å². The first-order valence-electron chi connectivity index (χ1n) is 13.0. The standard InChI is InChI=1S/C26H50N2O4/c1-6-16-28(18-8-17-27(4)5)19-15-25(29)31-20-21-32-26(30)24-13-11-23(12-14-24)10-7-9-22(2)3/h22-24H,6-21H2,1-5H3. The molecule has 1 rings (SSSR count). The molecule has 32 heavy (non-hydrogen) atoms. The van der Waals surface area contributed by atoms with Crippen molar-refractivity contribution in [1.29, 1.82) is 0 Å². The summed E-state index contributed by atoms with van der Waals surface area (Å²) in [7, 11) is 4.16. The largest absolute Gasteiger partial charge is 0.462 e. The molecule has 1 aliphatic carbocycles. The summed E-state index contributed by atoms with van der Waals surface area (Å²) < 4.78 is 10.7. The van der Waals surface area contributed by atoms with Gasteiger partial charge in [0, 0.05) is 6.54 Å². The van der Waals surface area contributed by atoms with Crippen molar-refractivity contribution < 1.29 is 19.1 Å². The van der Waals surface area contributed by atoms with Gasteiger partial charge in [0.05, 0.1) is 12.3 Å². The third-order valence-corrected chi connectivity index (χ3v) is 6.42. The maximum atomic E-state index is 12.3. The molecule has 0 atom stereocenters. The van der Waals surface area contributed by atoms with Crippen LogP contribution < -0.4 is 0 Å². The van der Waals surface area contributed by atoms with Crippen molar-refractivity contribution in [3.05, 3.63) is 0 Å². The zero-order valence-corrected chi connectivity index (χ0v) is 21.6. The lowest BCUT2D eigenvalue weighted by Crippen LogP contribution is -2.31. The van der Waals surface area contributed by atoms with Crippen LogP contribution in [0.4, 0.5) is 0 Å². The molecule has 6 heteroatoms. The van der Waals surface area contributed by atoms with Crippen LogP contribution >= 0.6 is 0 Å². The molecule has 0 heterocycles. The van der Waals surface area contributed by atoms with Gasteiger partial charge < -0.3 is 19.3 Å². The Bertz CT molecular complexity index is 502. The van der Waals surface area contributed by atoms with E-state index in [2.05, 4.69) is 44.7 Å². The molecule has 0 radical (unpaired) electrons. The fraction of sp³-hybridized carbons (Fsp3) is 0.923. The fourth-order valence-electron chi connectivity index (χ4n) is 4.50. The molecule has 0 aliphatic heterocycles. The molecule has 0 aromatic rings. The Morgan fingerprint density at radius 3 is 2.22 bits per heavy atom. The summed E-state index contributed by atoms with van der Waals surface area (Å²) >= 11 is 0. The molecular weight excluding hydrogens is 404 g/mol. The van der Waals surface area contributed by atoms with Gasteiger partial charge >= 0.3 is 11.9 Å². The Hall–Kier alpha value is -1.14. The number of carbonyl (C=O) groups is 2. The Balaban J connectivity index is 2.12. The first kappa shape index (κ1) is 28.9. The number of hydrogen-bond donors (Lipinski definition) is 0. The van der Waals surface area contributed by atoms with Crippen LogP contribution in [0, 0.1) is 17.8 Å². The van der Waals surface area contributed by atoms with Crippen LogP contribution in [-0.2, 0) is 19.1 Å². The van der Waals surface area contributed by atoms with Gasteiger partial charge in [0.15, 0.2) is 0 Å². The van der Waals surface area contributed by atoms with Crippen LogP contribution in [0.15, 0.2) is 0 Å². The summed E-state index contributed by atoms with van der Waals surface area (Å²) in [6.07, 6.45) is 10.6. The monoisotopic (exact) mass is 454 g/mol. The predicted molar refractivity (Wildman–Crippen MR) is 131 cm³/mol. The third-order valence-electron chi connectivity index (χ3n) is 6.42. The van der Waals surface area contributed by atoms with Gasteiger partial charge in [-0.2, -0.15) is 0 Å². The van der Waals surface area contributed by atoms with Gasteiger partial charge in [-0.3, -0.25) is 9.59 Å². The fourth-order valence-corrected chi connectivity index (χ4v) is 4.50. The third kappa shape index (κ3) is 14.1. The molecule has 0 saturated heterocycles. The Morgan fingerprint density at radius 2 is 1.59 bits per heavy atom. The predicted octanol–water partition coefficient (Wildman–Crippen LogP) is 4.76.